The molecule has 1 aromatic heterocycles. The van der Waals surface area contributed by atoms with Gasteiger partial charge in [-0.25, -0.2) is 0 Å². The highest BCUT2D eigenvalue weighted by molar-refractivity contribution is 5.92. The second-order valence-electron chi connectivity index (χ2n) is 4.14. The Labute approximate surface area is 104 Å². The number of pyridine rings is 1. The first-order chi connectivity index (χ1) is 8.79. The van der Waals surface area contributed by atoms with Crippen LogP contribution in [-0.4, -0.2) is 11.6 Å². The number of ether oxygens (including phenoxy) is 1. The Kier molecular flexibility index (Phi) is 2.52. The normalized spacial score (nSPS) is 10.9. The molecule has 0 atom stereocenters. The number of H-pyrrole nitrogens is 1. The van der Waals surface area contributed by atoms with Crippen LogP contribution in [0.5, 0.6) is 5.75 Å². The van der Waals surface area contributed by atoms with E-state index < -0.39 is 0 Å². The second kappa shape index (κ2) is 4.18. The van der Waals surface area contributed by atoms with Gasteiger partial charge in [-0.3, -0.25) is 4.79 Å². The fourth-order valence-electron chi connectivity index (χ4n) is 2.16. The molecule has 3 rings (SSSR count). The molecule has 90 valence electrons. The van der Waals surface area contributed by atoms with Crippen molar-refractivity contribution in [2.45, 2.75) is 6.92 Å². The van der Waals surface area contributed by atoms with Crippen molar-refractivity contribution < 1.29 is 4.74 Å². The third-order valence-electron chi connectivity index (χ3n) is 2.99. The summed E-state index contributed by atoms with van der Waals surface area (Å²) in [5, 5.41) is 1.41. The van der Waals surface area contributed by atoms with E-state index in [-0.39, 0.29) is 5.43 Å². The van der Waals surface area contributed by atoms with Gasteiger partial charge in [0.2, 0.25) is 0 Å². The van der Waals surface area contributed by atoms with Crippen molar-refractivity contribution in [2.24, 2.45) is 0 Å². The fraction of sp³-hybridized carbons (Fsp3) is 0.133. The minimum Gasteiger partial charge on any atom is -0.494 e. The van der Waals surface area contributed by atoms with Crippen LogP contribution in [-0.2, 0) is 0 Å². The van der Waals surface area contributed by atoms with Crippen molar-refractivity contribution >= 4 is 21.8 Å². The lowest BCUT2D eigenvalue weighted by Gasteiger charge is -2.06. The number of aromatic amines is 1. The summed E-state index contributed by atoms with van der Waals surface area (Å²) >= 11 is 0. The van der Waals surface area contributed by atoms with Crippen LogP contribution in [0.4, 0.5) is 0 Å². The Balaban J connectivity index is 2.37. The van der Waals surface area contributed by atoms with Crippen LogP contribution in [0.15, 0.2) is 47.3 Å². The van der Waals surface area contributed by atoms with E-state index in [0.717, 1.165) is 16.8 Å². The highest BCUT2D eigenvalue weighted by Crippen LogP contribution is 2.19. The van der Waals surface area contributed by atoms with Crippen LogP contribution in [0.3, 0.4) is 0 Å². The van der Waals surface area contributed by atoms with Gasteiger partial charge in [0.15, 0.2) is 5.43 Å². The number of benzene rings is 2. The molecule has 2 aromatic carbocycles. The van der Waals surface area contributed by atoms with Gasteiger partial charge < -0.3 is 9.72 Å². The van der Waals surface area contributed by atoms with Gasteiger partial charge in [-0.2, -0.15) is 0 Å². The van der Waals surface area contributed by atoms with Crippen molar-refractivity contribution in [3.63, 3.8) is 0 Å². The molecule has 3 heteroatoms. The molecule has 0 amide bonds. The van der Waals surface area contributed by atoms with Gasteiger partial charge >= 0.3 is 0 Å². The Hall–Kier alpha value is -2.29. The zero-order chi connectivity index (χ0) is 12.5. The number of fused-ring (bicyclic) bond motifs is 2. The maximum Gasteiger partial charge on any atom is 0.197 e. The Morgan fingerprint density at radius 3 is 2.67 bits per heavy atom. The van der Waals surface area contributed by atoms with Gasteiger partial charge in [0, 0.05) is 22.4 Å². The average molecular weight is 239 g/mol. The molecule has 0 saturated carbocycles. The molecule has 0 spiro atoms. The predicted octanol–water partition coefficient (Wildman–Crippen LogP) is 3.08. The van der Waals surface area contributed by atoms with Gasteiger partial charge in [-0.05, 0) is 31.2 Å². The van der Waals surface area contributed by atoms with Crippen molar-refractivity contribution in [3.05, 3.63) is 52.7 Å². The zero-order valence-corrected chi connectivity index (χ0v) is 10.1. The zero-order valence-electron chi connectivity index (χ0n) is 10.1. The molecular formula is C15H13NO2. The van der Waals surface area contributed by atoms with E-state index >= 15 is 0 Å². The summed E-state index contributed by atoms with van der Waals surface area (Å²) in [4.78, 5) is 15.6. The molecule has 0 radical (unpaired) electrons. The van der Waals surface area contributed by atoms with E-state index in [0.29, 0.717) is 17.4 Å². The Morgan fingerprint density at radius 1 is 1.06 bits per heavy atom. The minimum absolute atomic E-state index is 0.0578. The fourth-order valence-corrected chi connectivity index (χ4v) is 2.16. The lowest BCUT2D eigenvalue weighted by Crippen LogP contribution is -2.04. The molecule has 0 aliphatic rings. The number of nitrogens with one attached hydrogen (secondary N) is 1. The maximum absolute atomic E-state index is 12.3. The summed E-state index contributed by atoms with van der Waals surface area (Å²) in [6.45, 7) is 2.55. The SMILES string of the molecule is CCOc1ccc2c(=O)c3ccccc3[nH]c2c1. The van der Waals surface area contributed by atoms with Crippen LogP contribution in [0, 0.1) is 0 Å². The summed E-state index contributed by atoms with van der Waals surface area (Å²) in [7, 11) is 0. The molecule has 0 unspecified atom stereocenters. The summed E-state index contributed by atoms with van der Waals surface area (Å²) in [5.41, 5.74) is 1.72. The minimum atomic E-state index is 0.0578. The van der Waals surface area contributed by atoms with Gasteiger partial charge in [0.1, 0.15) is 5.75 Å². The lowest BCUT2D eigenvalue weighted by molar-refractivity contribution is 0.340. The van der Waals surface area contributed by atoms with E-state index in [2.05, 4.69) is 4.98 Å². The summed E-state index contributed by atoms with van der Waals surface area (Å²) in [6.07, 6.45) is 0. The molecule has 3 aromatic rings. The molecule has 0 fully saturated rings. The first-order valence-electron chi connectivity index (χ1n) is 5.97. The van der Waals surface area contributed by atoms with Crippen molar-refractivity contribution in [1.82, 2.24) is 4.98 Å². The smallest absolute Gasteiger partial charge is 0.197 e. The van der Waals surface area contributed by atoms with Gasteiger partial charge in [0.05, 0.1) is 12.1 Å². The number of hydrogen-bond donors (Lipinski definition) is 1. The quantitative estimate of drug-likeness (QED) is 0.698. The molecule has 1 heterocycles. The molecule has 0 bridgehead atoms. The molecule has 0 aliphatic heterocycles. The number of para-hydroxylation sites is 1. The van der Waals surface area contributed by atoms with E-state index in [1.54, 1.807) is 0 Å². The molecular weight excluding hydrogens is 226 g/mol. The number of aromatic nitrogens is 1. The Bertz CT molecular complexity index is 774. The topological polar surface area (TPSA) is 42.1 Å². The molecule has 18 heavy (non-hydrogen) atoms. The Morgan fingerprint density at radius 2 is 1.83 bits per heavy atom. The predicted molar refractivity (Wildman–Crippen MR) is 73.2 cm³/mol. The number of hydrogen-bond acceptors (Lipinski definition) is 2. The molecule has 1 N–H and O–H groups in total. The monoisotopic (exact) mass is 239 g/mol. The van der Waals surface area contributed by atoms with Gasteiger partial charge in [-0.15, -0.1) is 0 Å². The standard InChI is InChI=1S/C15H13NO2/c1-2-18-10-7-8-12-14(9-10)16-13-6-4-3-5-11(13)15(12)17/h3-9H,2H2,1H3,(H,16,17). The van der Waals surface area contributed by atoms with E-state index in [9.17, 15) is 4.79 Å². The average Bonchev–Trinajstić information content (AvgIpc) is 2.39. The first kappa shape index (κ1) is 10.8. The second-order valence-corrected chi connectivity index (χ2v) is 4.14. The summed E-state index contributed by atoms with van der Waals surface area (Å²) < 4.78 is 5.44. The van der Waals surface area contributed by atoms with E-state index in [1.165, 1.54) is 0 Å². The van der Waals surface area contributed by atoms with Crippen molar-refractivity contribution in [3.8, 4) is 5.75 Å². The van der Waals surface area contributed by atoms with E-state index in [1.807, 2.05) is 49.4 Å². The van der Waals surface area contributed by atoms with Crippen molar-refractivity contribution in [1.29, 1.82) is 0 Å². The highest BCUT2D eigenvalue weighted by Gasteiger charge is 2.05. The molecule has 3 nitrogen and oxygen atoms in total. The third kappa shape index (κ3) is 1.64. The summed E-state index contributed by atoms with van der Waals surface area (Å²) in [6, 6.07) is 13.0. The molecule has 0 saturated heterocycles. The van der Waals surface area contributed by atoms with Gasteiger partial charge in [-0.1, -0.05) is 12.1 Å². The van der Waals surface area contributed by atoms with Crippen LogP contribution in [0.25, 0.3) is 21.8 Å². The first-order valence-corrected chi connectivity index (χ1v) is 5.97. The highest BCUT2D eigenvalue weighted by atomic mass is 16.5. The number of rotatable bonds is 2. The van der Waals surface area contributed by atoms with Crippen LogP contribution in [0.1, 0.15) is 6.92 Å². The van der Waals surface area contributed by atoms with Crippen LogP contribution in [0.2, 0.25) is 0 Å². The maximum atomic E-state index is 12.3. The van der Waals surface area contributed by atoms with Crippen molar-refractivity contribution in [2.75, 3.05) is 6.61 Å². The van der Waals surface area contributed by atoms with E-state index in [4.69, 9.17) is 4.74 Å². The van der Waals surface area contributed by atoms with Gasteiger partial charge in [0.25, 0.3) is 0 Å². The lowest BCUT2D eigenvalue weighted by atomic mass is 10.1. The third-order valence-corrected chi connectivity index (χ3v) is 2.99. The molecule has 0 aliphatic carbocycles. The largest absolute Gasteiger partial charge is 0.494 e. The van der Waals surface area contributed by atoms with Crippen LogP contribution >= 0.6 is 0 Å². The van der Waals surface area contributed by atoms with Crippen LogP contribution < -0.4 is 10.2 Å². The summed E-state index contributed by atoms with van der Waals surface area (Å²) in [5.74, 6) is 0.774.